The predicted octanol–water partition coefficient (Wildman–Crippen LogP) is 1.38. The number of carbonyl (C=O) groups is 1. The molecule has 5 nitrogen and oxygen atoms in total. The van der Waals surface area contributed by atoms with E-state index in [2.05, 4.69) is 20.4 Å². The van der Waals surface area contributed by atoms with E-state index >= 15 is 0 Å². The third kappa shape index (κ3) is 2.39. The number of piperidine rings is 1. The third-order valence-electron chi connectivity index (χ3n) is 4.51. The zero-order chi connectivity index (χ0) is 13.4. The highest BCUT2D eigenvalue weighted by Gasteiger charge is 2.32. The number of aryl methyl sites for hydroxylation is 2. The maximum Gasteiger partial charge on any atom is 0.255 e. The molecule has 2 N–H and O–H groups in total. The zero-order valence-corrected chi connectivity index (χ0v) is 11.7. The van der Waals surface area contributed by atoms with E-state index in [9.17, 15) is 4.79 Å². The molecular formula is C14H22N4O. The molecule has 2 aliphatic rings. The average molecular weight is 262 g/mol. The fourth-order valence-electron chi connectivity index (χ4n) is 3.50. The van der Waals surface area contributed by atoms with Crippen LogP contribution in [0.1, 0.15) is 47.4 Å². The second-order valence-electron chi connectivity index (χ2n) is 5.84. The van der Waals surface area contributed by atoms with Crippen molar-refractivity contribution < 1.29 is 4.79 Å². The third-order valence-corrected chi connectivity index (χ3v) is 4.51. The maximum absolute atomic E-state index is 12.3. The number of aromatic amines is 1. The Bertz CT molecular complexity index is 462. The van der Waals surface area contributed by atoms with Gasteiger partial charge in [0.25, 0.3) is 5.91 Å². The van der Waals surface area contributed by atoms with Gasteiger partial charge in [0.1, 0.15) is 0 Å². The molecule has 19 heavy (non-hydrogen) atoms. The van der Waals surface area contributed by atoms with Crippen molar-refractivity contribution in [3.8, 4) is 0 Å². The molecule has 2 aliphatic heterocycles. The quantitative estimate of drug-likeness (QED) is 0.846. The van der Waals surface area contributed by atoms with Gasteiger partial charge < -0.3 is 10.2 Å². The van der Waals surface area contributed by atoms with Crippen molar-refractivity contribution in [1.82, 2.24) is 20.4 Å². The van der Waals surface area contributed by atoms with Crippen LogP contribution in [-0.4, -0.2) is 46.2 Å². The molecule has 104 valence electrons. The van der Waals surface area contributed by atoms with Crippen LogP contribution < -0.4 is 5.32 Å². The van der Waals surface area contributed by atoms with Gasteiger partial charge in [0, 0.05) is 24.3 Å². The fraction of sp³-hybridized carbons (Fsp3) is 0.714. The van der Waals surface area contributed by atoms with Crippen LogP contribution in [0, 0.1) is 13.8 Å². The Morgan fingerprint density at radius 1 is 1.37 bits per heavy atom. The first kappa shape index (κ1) is 12.7. The van der Waals surface area contributed by atoms with Crippen molar-refractivity contribution in [2.24, 2.45) is 0 Å². The summed E-state index contributed by atoms with van der Waals surface area (Å²) in [6.07, 6.45) is 4.77. The molecule has 2 atom stereocenters. The molecule has 0 saturated carbocycles. The van der Waals surface area contributed by atoms with E-state index < -0.39 is 0 Å². The summed E-state index contributed by atoms with van der Waals surface area (Å²) in [5.41, 5.74) is 2.36. The minimum atomic E-state index is 0.0280. The second-order valence-corrected chi connectivity index (χ2v) is 5.84. The van der Waals surface area contributed by atoms with E-state index in [1.54, 1.807) is 0 Å². The van der Waals surface area contributed by atoms with E-state index in [1.165, 1.54) is 19.4 Å². The number of nitrogens with zero attached hydrogens (tertiary/aromatic N) is 2. The summed E-state index contributed by atoms with van der Waals surface area (Å²) in [5, 5.41) is 10.2. The Morgan fingerprint density at radius 3 is 2.95 bits per heavy atom. The molecule has 1 aromatic heterocycles. The molecule has 2 saturated heterocycles. The smallest absolute Gasteiger partial charge is 0.255 e. The highest BCUT2D eigenvalue weighted by atomic mass is 16.1. The summed E-state index contributed by atoms with van der Waals surface area (Å²) in [6, 6.07) is 1.01. The Kier molecular flexibility index (Phi) is 3.31. The normalized spacial score (nSPS) is 27.3. The van der Waals surface area contributed by atoms with Crippen LogP contribution in [0.15, 0.2) is 0 Å². The van der Waals surface area contributed by atoms with Gasteiger partial charge in [-0.15, -0.1) is 0 Å². The first-order chi connectivity index (χ1) is 9.15. The first-order valence-electron chi connectivity index (χ1n) is 7.21. The minimum absolute atomic E-state index is 0.0280. The molecule has 0 bridgehead atoms. The van der Waals surface area contributed by atoms with E-state index in [0.29, 0.717) is 17.6 Å². The van der Waals surface area contributed by atoms with Crippen LogP contribution >= 0.6 is 0 Å². The van der Waals surface area contributed by atoms with E-state index in [4.69, 9.17) is 0 Å². The summed E-state index contributed by atoms with van der Waals surface area (Å²) >= 11 is 0. The molecule has 1 aromatic rings. The van der Waals surface area contributed by atoms with Crippen LogP contribution in [0.2, 0.25) is 0 Å². The Morgan fingerprint density at radius 2 is 2.21 bits per heavy atom. The van der Waals surface area contributed by atoms with Gasteiger partial charge in [0.05, 0.1) is 11.3 Å². The second kappa shape index (κ2) is 4.96. The lowest BCUT2D eigenvalue weighted by Crippen LogP contribution is -2.47. The number of aromatic nitrogens is 2. The standard InChI is InChI=1S/C14H22N4O/c1-9-13(10(2)17-16-9)14(19)15-11-5-7-18-6-3-4-12(18)8-11/h11-12H,3-8H2,1-2H3,(H,15,19)(H,16,17). The molecule has 3 rings (SSSR count). The number of fused-ring (bicyclic) bond motifs is 1. The molecule has 0 aromatic carbocycles. The molecule has 2 fully saturated rings. The molecule has 2 unspecified atom stereocenters. The highest BCUT2D eigenvalue weighted by Crippen LogP contribution is 2.27. The van der Waals surface area contributed by atoms with Gasteiger partial charge in [-0.25, -0.2) is 0 Å². The van der Waals surface area contributed by atoms with Gasteiger partial charge in [0.2, 0.25) is 0 Å². The van der Waals surface area contributed by atoms with Crippen LogP contribution in [-0.2, 0) is 0 Å². The first-order valence-corrected chi connectivity index (χ1v) is 7.21. The highest BCUT2D eigenvalue weighted by molar-refractivity contribution is 5.96. The average Bonchev–Trinajstić information content (AvgIpc) is 2.95. The number of nitrogens with one attached hydrogen (secondary N) is 2. The van der Waals surface area contributed by atoms with E-state index in [1.807, 2.05) is 13.8 Å². The summed E-state index contributed by atoms with van der Waals surface area (Å²) < 4.78 is 0. The topological polar surface area (TPSA) is 61.0 Å². The molecule has 0 spiro atoms. The Balaban J connectivity index is 1.64. The number of rotatable bonds is 2. The Labute approximate surface area is 113 Å². The van der Waals surface area contributed by atoms with Gasteiger partial charge in [-0.05, 0) is 46.1 Å². The minimum Gasteiger partial charge on any atom is -0.349 e. The number of amides is 1. The number of hydrogen-bond acceptors (Lipinski definition) is 3. The number of hydrogen-bond donors (Lipinski definition) is 2. The van der Waals surface area contributed by atoms with Gasteiger partial charge >= 0.3 is 0 Å². The zero-order valence-electron chi connectivity index (χ0n) is 11.7. The largest absolute Gasteiger partial charge is 0.349 e. The van der Waals surface area contributed by atoms with Crippen LogP contribution in [0.5, 0.6) is 0 Å². The number of H-pyrrole nitrogens is 1. The summed E-state index contributed by atoms with van der Waals surface area (Å²) in [5.74, 6) is 0.0280. The summed E-state index contributed by atoms with van der Waals surface area (Å²) in [6.45, 7) is 6.14. The van der Waals surface area contributed by atoms with Gasteiger partial charge in [-0.2, -0.15) is 5.10 Å². The van der Waals surface area contributed by atoms with Crippen molar-refractivity contribution in [1.29, 1.82) is 0 Å². The fourth-order valence-corrected chi connectivity index (χ4v) is 3.50. The SMILES string of the molecule is Cc1n[nH]c(C)c1C(=O)NC1CCN2CCCC2C1. The van der Waals surface area contributed by atoms with Gasteiger partial charge in [-0.3, -0.25) is 9.89 Å². The molecule has 0 aliphatic carbocycles. The maximum atomic E-state index is 12.3. The van der Waals surface area contributed by atoms with Crippen molar-refractivity contribution in [3.63, 3.8) is 0 Å². The predicted molar refractivity (Wildman–Crippen MR) is 73.1 cm³/mol. The molecule has 0 radical (unpaired) electrons. The number of carbonyl (C=O) groups excluding carboxylic acids is 1. The molecule has 3 heterocycles. The monoisotopic (exact) mass is 262 g/mol. The lowest BCUT2D eigenvalue weighted by atomic mass is 9.97. The molecule has 1 amide bonds. The van der Waals surface area contributed by atoms with Crippen LogP contribution in [0.3, 0.4) is 0 Å². The van der Waals surface area contributed by atoms with E-state index in [-0.39, 0.29) is 5.91 Å². The molecule has 5 heteroatoms. The van der Waals surface area contributed by atoms with Crippen LogP contribution in [0.25, 0.3) is 0 Å². The van der Waals surface area contributed by atoms with Gasteiger partial charge in [0.15, 0.2) is 0 Å². The Hall–Kier alpha value is -1.36. The summed E-state index contributed by atoms with van der Waals surface area (Å²) in [7, 11) is 0. The lowest BCUT2D eigenvalue weighted by Gasteiger charge is -2.35. The van der Waals surface area contributed by atoms with Crippen molar-refractivity contribution in [2.45, 2.75) is 51.6 Å². The van der Waals surface area contributed by atoms with Gasteiger partial charge in [-0.1, -0.05) is 0 Å². The summed E-state index contributed by atoms with van der Waals surface area (Å²) in [4.78, 5) is 14.9. The van der Waals surface area contributed by atoms with E-state index in [0.717, 1.165) is 30.8 Å². The lowest BCUT2D eigenvalue weighted by molar-refractivity contribution is 0.0895. The molecular weight excluding hydrogens is 240 g/mol. The van der Waals surface area contributed by atoms with Crippen molar-refractivity contribution in [3.05, 3.63) is 17.0 Å². The van der Waals surface area contributed by atoms with Crippen molar-refractivity contribution in [2.75, 3.05) is 13.1 Å². The van der Waals surface area contributed by atoms with Crippen LogP contribution in [0.4, 0.5) is 0 Å². The van der Waals surface area contributed by atoms with Crippen molar-refractivity contribution >= 4 is 5.91 Å².